The zero-order valence-electron chi connectivity index (χ0n) is 21.6. The third-order valence-corrected chi connectivity index (χ3v) is 6.30. The number of amides is 1. The second-order valence-electron chi connectivity index (χ2n) is 8.91. The van der Waals surface area contributed by atoms with Crippen molar-refractivity contribution < 1.29 is 28.9 Å². The van der Waals surface area contributed by atoms with Crippen molar-refractivity contribution in [3.8, 4) is 11.5 Å². The molecule has 1 unspecified atom stereocenters. The molecule has 7 heteroatoms. The lowest BCUT2D eigenvalue weighted by atomic mass is 9.94. The van der Waals surface area contributed by atoms with Gasteiger partial charge in [0.1, 0.15) is 30.5 Å². The number of hydrogen-bond donors (Lipinski definition) is 1. The van der Waals surface area contributed by atoms with Gasteiger partial charge in [0.2, 0.25) is 0 Å². The van der Waals surface area contributed by atoms with Crippen LogP contribution in [-0.4, -0.2) is 48.6 Å². The van der Waals surface area contributed by atoms with Crippen molar-refractivity contribution in [1.82, 2.24) is 4.90 Å². The molecule has 4 rings (SSSR count). The minimum atomic E-state index is -0.799. The quantitative estimate of drug-likeness (QED) is 0.164. The van der Waals surface area contributed by atoms with E-state index in [-0.39, 0.29) is 24.5 Å². The van der Waals surface area contributed by atoms with Gasteiger partial charge in [-0.05, 0) is 53.9 Å². The van der Waals surface area contributed by atoms with Gasteiger partial charge in [-0.3, -0.25) is 9.59 Å². The highest BCUT2D eigenvalue weighted by atomic mass is 16.5. The molecule has 0 aromatic heterocycles. The van der Waals surface area contributed by atoms with E-state index in [1.807, 2.05) is 37.3 Å². The number of carbonyl (C=O) groups excluding carboxylic acids is 2. The first-order valence-electron chi connectivity index (χ1n) is 12.3. The van der Waals surface area contributed by atoms with Crippen LogP contribution in [0, 0.1) is 6.92 Å². The number of carbonyl (C=O) groups is 2. The summed E-state index contributed by atoms with van der Waals surface area (Å²) in [5.74, 6) is -0.456. The maximum absolute atomic E-state index is 13.2. The van der Waals surface area contributed by atoms with Crippen molar-refractivity contribution in [2.24, 2.45) is 0 Å². The van der Waals surface area contributed by atoms with Gasteiger partial charge >= 0.3 is 0 Å². The third kappa shape index (κ3) is 5.79. The predicted molar refractivity (Wildman–Crippen MR) is 145 cm³/mol. The van der Waals surface area contributed by atoms with E-state index >= 15 is 0 Å². The Balaban J connectivity index is 1.70. The van der Waals surface area contributed by atoms with Crippen LogP contribution in [0.2, 0.25) is 0 Å². The molecule has 196 valence electrons. The number of hydrogen-bond acceptors (Lipinski definition) is 6. The molecule has 0 radical (unpaired) electrons. The van der Waals surface area contributed by atoms with E-state index in [2.05, 4.69) is 6.58 Å². The number of Topliss-reactive ketones (excluding diaryl/α,β-unsaturated/α-hetero) is 1. The molecule has 1 aliphatic rings. The number of aliphatic hydroxyl groups excluding tert-OH is 1. The molecule has 1 N–H and O–H groups in total. The Morgan fingerprint density at radius 3 is 2.53 bits per heavy atom. The van der Waals surface area contributed by atoms with Gasteiger partial charge in [0.05, 0.1) is 18.2 Å². The Bertz CT molecular complexity index is 1350. The highest BCUT2D eigenvalue weighted by molar-refractivity contribution is 6.46. The molecule has 0 spiro atoms. The minimum absolute atomic E-state index is 0.0179. The van der Waals surface area contributed by atoms with Crippen molar-refractivity contribution in [2.75, 3.05) is 26.9 Å². The second kappa shape index (κ2) is 12.3. The Kier molecular flexibility index (Phi) is 8.61. The second-order valence-corrected chi connectivity index (χ2v) is 8.91. The number of aliphatic hydroxyl groups is 1. The van der Waals surface area contributed by atoms with E-state index in [1.165, 1.54) is 12.0 Å². The Labute approximate surface area is 222 Å². The predicted octanol–water partition coefficient (Wildman–Crippen LogP) is 5.21. The number of likely N-dealkylation sites (tertiary alicyclic amines) is 1. The lowest BCUT2D eigenvalue weighted by Gasteiger charge is -2.25. The normalized spacial score (nSPS) is 16.5. The molecule has 1 atom stereocenters. The summed E-state index contributed by atoms with van der Waals surface area (Å²) >= 11 is 0. The van der Waals surface area contributed by atoms with E-state index in [1.54, 1.807) is 48.5 Å². The Hall–Kier alpha value is -4.36. The number of benzene rings is 3. The first kappa shape index (κ1) is 26.7. The largest absolute Gasteiger partial charge is 0.507 e. The summed E-state index contributed by atoms with van der Waals surface area (Å²) in [6.45, 7) is 6.67. The van der Waals surface area contributed by atoms with E-state index in [0.717, 1.165) is 11.1 Å². The van der Waals surface area contributed by atoms with Crippen LogP contribution in [0.5, 0.6) is 11.5 Å². The van der Waals surface area contributed by atoms with Crippen molar-refractivity contribution in [3.05, 3.63) is 113 Å². The lowest BCUT2D eigenvalue weighted by molar-refractivity contribution is -0.140. The number of rotatable bonds is 11. The molecule has 1 fully saturated rings. The van der Waals surface area contributed by atoms with Gasteiger partial charge in [0.25, 0.3) is 11.7 Å². The number of methoxy groups -OCH3 is 1. The van der Waals surface area contributed by atoms with Gasteiger partial charge < -0.3 is 24.2 Å². The van der Waals surface area contributed by atoms with E-state index in [4.69, 9.17) is 14.2 Å². The van der Waals surface area contributed by atoms with E-state index < -0.39 is 17.7 Å². The molecule has 0 aliphatic carbocycles. The van der Waals surface area contributed by atoms with Crippen LogP contribution in [0.4, 0.5) is 0 Å². The van der Waals surface area contributed by atoms with Gasteiger partial charge in [-0.25, -0.2) is 0 Å². The highest BCUT2D eigenvalue weighted by Gasteiger charge is 2.46. The molecule has 1 heterocycles. The van der Waals surface area contributed by atoms with E-state index in [9.17, 15) is 14.7 Å². The molecular formula is C31H31NO6. The van der Waals surface area contributed by atoms with Crippen LogP contribution < -0.4 is 9.47 Å². The van der Waals surface area contributed by atoms with Gasteiger partial charge in [-0.1, -0.05) is 55.1 Å². The summed E-state index contributed by atoms with van der Waals surface area (Å²) in [5, 5.41) is 11.4. The molecule has 3 aromatic carbocycles. The van der Waals surface area contributed by atoms with Gasteiger partial charge in [0, 0.05) is 19.2 Å². The summed E-state index contributed by atoms with van der Waals surface area (Å²) in [5.41, 5.74) is 2.90. The van der Waals surface area contributed by atoms with Crippen molar-refractivity contribution in [1.29, 1.82) is 0 Å². The molecule has 1 amide bonds. The lowest BCUT2D eigenvalue weighted by Crippen LogP contribution is -2.32. The van der Waals surface area contributed by atoms with Crippen LogP contribution in [-0.2, 0) is 20.9 Å². The molecule has 3 aromatic rings. The molecule has 1 saturated heterocycles. The maximum atomic E-state index is 13.2. The minimum Gasteiger partial charge on any atom is -0.507 e. The van der Waals surface area contributed by atoms with Gasteiger partial charge in [-0.15, -0.1) is 0 Å². The Morgan fingerprint density at radius 1 is 1.03 bits per heavy atom. The topological polar surface area (TPSA) is 85.3 Å². The summed E-state index contributed by atoms with van der Waals surface area (Å²) in [4.78, 5) is 27.7. The fraction of sp³-hybridized carbons (Fsp3) is 0.226. The van der Waals surface area contributed by atoms with Crippen molar-refractivity contribution in [2.45, 2.75) is 19.6 Å². The first-order valence-corrected chi connectivity index (χ1v) is 12.3. The summed E-state index contributed by atoms with van der Waals surface area (Å²) < 4.78 is 16.8. The van der Waals surface area contributed by atoms with Crippen LogP contribution in [0.25, 0.3) is 5.76 Å². The monoisotopic (exact) mass is 513 g/mol. The van der Waals surface area contributed by atoms with Gasteiger partial charge in [-0.2, -0.15) is 0 Å². The van der Waals surface area contributed by atoms with Crippen LogP contribution in [0.3, 0.4) is 0 Å². The summed E-state index contributed by atoms with van der Waals surface area (Å²) in [7, 11) is 1.53. The van der Waals surface area contributed by atoms with Gasteiger partial charge in [0.15, 0.2) is 0 Å². The van der Waals surface area contributed by atoms with Crippen molar-refractivity contribution in [3.63, 3.8) is 0 Å². The number of ether oxygens (including phenoxy) is 3. The van der Waals surface area contributed by atoms with Crippen LogP contribution in [0.15, 0.2) is 91.0 Å². The molecular weight excluding hydrogens is 482 g/mol. The third-order valence-electron chi connectivity index (χ3n) is 6.30. The van der Waals surface area contributed by atoms with E-state index in [0.29, 0.717) is 35.8 Å². The zero-order valence-corrected chi connectivity index (χ0v) is 21.6. The highest BCUT2D eigenvalue weighted by Crippen LogP contribution is 2.40. The summed E-state index contributed by atoms with van der Waals surface area (Å²) in [6.07, 6.45) is 1.63. The molecule has 7 nitrogen and oxygen atoms in total. The smallest absolute Gasteiger partial charge is 0.295 e. The summed E-state index contributed by atoms with van der Waals surface area (Å²) in [6, 6.07) is 21.3. The molecule has 0 saturated carbocycles. The first-order chi connectivity index (χ1) is 18.4. The van der Waals surface area contributed by atoms with Crippen molar-refractivity contribution >= 4 is 17.4 Å². The number of aryl methyl sites for hydroxylation is 1. The average Bonchev–Trinajstić information content (AvgIpc) is 3.19. The standard InChI is InChI=1S/C31H31NO6/c1-4-16-37-25-12-8-11-23(19-25)28-27(30(34)31(35)32(28)15-17-36-3)29(33)24-13-14-26(21(2)18-24)38-20-22-9-6-5-7-10-22/h4-14,18-19,28,33H,1,15-17,20H2,2-3H3/b29-27+. The van der Waals surface area contributed by atoms with Crippen LogP contribution in [0.1, 0.15) is 28.3 Å². The average molecular weight is 514 g/mol. The van der Waals surface area contributed by atoms with Crippen LogP contribution >= 0.6 is 0 Å². The Morgan fingerprint density at radius 2 is 1.82 bits per heavy atom. The fourth-order valence-corrected chi connectivity index (χ4v) is 4.43. The maximum Gasteiger partial charge on any atom is 0.295 e. The molecule has 38 heavy (non-hydrogen) atoms. The molecule has 1 aliphatic heterocycles. The number of ketones is 1. The number of nitrogens with zero attached hydrogens (tertiary/aromatic N) is 1. The SMILES string of the molecule is C=CCOc1cccc(C2/C(=C(\O)c3ccc(OCc4ccccc4)c(C)c3)C(=O)C(=O)N2CCOC)c1. The molecule has 0 bridgehead atoms. The zero-order chi connectivity index (χ0) is 27.1. The fourth-order valence-electron chi connectivity index (χ4n) is 4.43.